The number of halogens is 2. The third-order valence-corrected chi connectivity index (χ3v) is 6.93. The SMILES string of the molecule is CCNC(=NCC(O)c1ccc(Cl)s1)NCC1CCN(S(C)(=O)=O)CC1.I. The quantitative estimate of drug-likeness (QED) is 0.275. The van der Waals surface area contributed by atoms with Crippen LogP contribution in [0.4, 0.5) is 0 Å². The van der Waals surface area contributed by atoms with Gasteiger partial charge in [-0.2, -0.15) is 0 Å². The van der Waals surface area contributed by atoms with E-state index in [1.807, 2.05) is 13.0 Å². The molecule has 0 radical (unpaired) electrons. The molecule has 156 valence electrons. The molecule has 0 bridgehead atoms. The van der Waals surface area contributed by atoms with Gasteiger partial charge in [0.05, 0.1) is 17.1 Å². The van der Waals surface area contributed by atoms with E-state index in [4.69, 9.17) is 11.6 Å². The zero-order valence-corrected chi connectivity index (χ0v) is 20.2. The molecule has 1 aromatic heterocycles. The van der Waals surface area contributed by atoms with Crippen LogP contribution in [0.5, 0.6) is 0 Å². The molecule has 1 fully saturated rings. The van der Waals surface area contributed by atoms with Crippen molar-refractivity contribution in [3.63, 3.8) is 0 Å². The third kappa shape index (κ3) is 8.40. The van der Waals surface area contributed by atoms with Gasteiger partial charge in [0.15, 0.2) is 5.96 Å². The zero-order valence-electron chi connectivity index (χ0n) is 15.5. The Bertz CT molecular complexity index is 706. The molecule has 1 atom stereocenters. The Balaban J connectivity index is 0.00000364. The Labute approximate surface area is 187 Å². The van der Waals surface area contributed by atoms with Crippen LogP contribution in [-0.2, 0) is 10.0 Å². The predicted molar refractivity (Wildman–Crippen MR) is 123 cm³/mol. The van der Waals surface area contributed by atoms with Crippen molar-refractivity contribution in [2.75, 3.05) is 39.0 Å². The van der Waals surface area contributed by atoms with Gasteiger partial charge < -0.3 is 15.7 Å². The molecule has 1 aliphatic rings. The Morgan fingerprint density at radius 1 is 1.41 bits per heavy atom. The second kappa shape index (κ2) is 11.8. The summed E-state index contributed by atoms with van der Waals surface area (Å²) in [4.78, 5) is 5.23. The topological polar surface area (TPSA) is 94.0 Å². The highest BCUT2D eigenvalue weighted by Gasteiger charge is 2.24. The number of aliphatic imine (C=N–C) groups is 1. The van der Waals surface area contributed by atoms with Crippen LogP contribution in [0, 0.1) is 5.92 Å². The highest BCUT2D eigenvalue weighted by Crippen LogP contribution is 2.27. The molecule has 1 saturated heterocycles. The first-order valence-corrected chi connectivity index (χ1v) is 11.7. The maximum absolute atomic E-state index is 11.6. The molecular weight excluding hydrogens is 523 g/mol. The number of rotatable bonds is 7. The van der Waals surface area contributed by atoms with Crippen LogP contribution in [0.25, 0.3) is 0 Å². The molecule has 3 N–H and O–H groups in total. The van der Waals surface area contributed by atoms with Crippen LogP contribution >= 0.6 is 46.9 Å². The summed E-state index contributed by atoms with van der Waals surface area (Å²) in [6, 6.07) is 3.57. The van der Waals surface area contributed by atoms with Crippen LogP contribution < -0.4 is 10.6 Å². The molecule has 0 aliphatic carbocycles. The molecule has 1 aliphatic heterocycles. The molecule has 1 unspecified atom stereocenters. The van der Waals surface area contributed by atoms with Gasteiger partial charge in [-0.25, -0.2) is 12.7 Å². The lowest BCUT2D eigenvalue weighted by Crippen LogP contribution is -2.44. The molecule has 11 heteroatoms. The lowest BCUT2D eigenvalue weighted by atomic mass is 9.98. The summed E-state index contributed by atoms with van der Waals surface area (Å²) in [6.07, 6.45) is 2.24. The molecule has 0 amide bonds. The van der Waals surface area contributed by atoms with Gasteiger partial charge in [0.2, 0.25) is 10.0 Å². The van der Waals surface area contributed by atoms with Crippen molar-refractivity contribution in [1.29, 1.82) is 0 Å². The second-order valence-corrected chi connectivity index (χ2v) is 10.1. The van der Waals surface area contributed by atoms with Crippen molar-refractivity contribution in [2.45, 2.75) is 25.9 Å². The summed E-state index contributed by atoms with van der Waals surface area (Å²) in [6.45, 7) is 4.81. The first-order valence-electron chi connectivity index (χ1n) is 8.70. The average molecular weight is 551 g/mol. The van der Waals surface area contributed by atoms with Crippen LogP contribution in [0.15, 0.2) is 17.1 Å². The summed E-state index contributed by atoms with van der Waals surface area (Å²) in [5.74, 6) is 1.05. The van der Waals surface area contributed by atoms with Crippen LogP contribution in [-0.4, -0.2) is 62.8 Å². The van der Waals surface area contributed by atoms with E-state index in [-0.39, 0.29) is 30.5 Å². The van der Waals surface area contributed by atoms with Crippen molar-refractivity contribution in [1.82, 2.24) is 14.9 Å². The van der Waals surface area contributed by atoms with Crippen molar-refractivity contribution in [3.05, 3.63) is 21.3 Å². The van der Waals surface area contributed by atoms with Crippen molar-refractivity contribution < 1.29 is 13.5 Å². The van der Waals surface area contributed by atoms with E-state index in [9.17, 15) is 13.5 Å². The van der Waals surface area contributed by atoms with Gasteiger partial charge in [0.25, 0.3) is 0 Å². The van der Waals surface area contributed by atoms with E-state index in [2.05, 4.69) is 15.6 Å². The number of hydrogen-bond donors (Lipinski definition) is 3. The third-order valence-electron chi connectivity index (χ3n) is 4.29. The fourth-order valence-corrected chi connectivity index (χ4v) is 4.72. The Morgan fingerprint density at radius 2 is 2.07 bits per heavy atom. The van der Waals surface area contributed by atoms with E-state index in [0.29, 0.717) is 29.3 Å². The maximum atomic E-state index is 11.6. The number of thiophene rings is 1. The summed E-state index contributed by atoms with van der Waals surface area (Å²) in [5, 5.41) is 16.7. The minimum Gasteiger partial charge on any atom is -0.386 e. The van der Waals surface area contributed by atoms with Crippen LogP contribution in [0.2, 0.25) is 4.34 Å². The van der Waals surface area contributed by atoms with E-state index >= 15 is 0 Å². The standard InChI is InChI=1S/C16H27ClN4O3S2.HI/c1-3-18-16(20-11-13(22)14-4-5-15(17)25-14)19-10-12-6-8-21(9-7-12)26(2,23)24;/h4-5,12-13,22H,3,6-11H2,1-2H3,(H2,18,19,20);1H. The summed E-state index contributed by atoms with van der Waals surface area (Å²) in [5.41, 5.74) is 0. The normalized spacial score (nSPS) is 18.0. The smallest absolute Gasteiger partial charge is 0.211 e. The van der Waals surface area contributed by atoms with E-state index in [1.165, 1.54) is 21.9 Å². The van der Waals surface area contributed by atoms with Gasteiger partial charge in [0, 0.05) is 31.1 Å². The fraction of sp³-hybridized carbons (Fsp3) is 0.688. The molecule has 7 nitrogen and oxygen atoms in total. The van der Waals surface area contributed by atoms with Gasteiger partial charge >= 0.3 is 0 Å². The number of aliphatic hydroxyl groups is 1. The molecule has 0 saturated carbocycles. The second-order valence-electron chi connectivity index (χ2n) is 6.36. The number of nitrogens with zero attached hydrogens (tertiary/aromatic N) is 2. The van der Waals surface area contributed by atoms with Gasteiger partial charge in [-0.05, 0) is 37.8 Å². The van der Waals surface area contributed by atoms with E-state index < -0.39 is 16.1 Å². The number of nitrogens with one attached hydrogen (secondary N) is 2. The average Bonchev–Trinajstić information content (AvgIpc) is 3.03. The highest BCUT2D eigenvalue weighted by molar-refractivity contribution is 14.0. The summed E-state index contributed by atoms with van der Waals surface area (Å²) in [7, 11) is -3.09. The molecule has 1 aromatic rings. The fourth-order valence-electron chi connectivity index (χ4n) is 2.80. The first-order chi connectivity index (χ1) is 12.3. The lowest BCUT2D eigenvalue weighted by molar-refractivity contribution is 0.191. The highest BCUT2D eigenvalue weighted by atomic mass is 127. The predicted octanol–water partition coefficient (Wildman–Crippen LogP) is 2.28. The first kappa shape index (κ1) is 24.9. The van der Waals surface area contributed by atoms with Crippen LogP contribution in [0.3, 0.4) is 0 Å². The minimum atomic E-state index is -3.09. The number of sulfonamides is 1. The summed E-state index contributed by atoms with van der Waals surface area (Å²) < 4.78 is 25.3. The molecule has 27 heavy (non-hydrogen) atoms. The zero-order chi connectivity index (χ0) is 19.2. The van der Waals surface area contributed by atoms with Gasteiger partial charge in [-0.3, -0.25) is 4.99 Å². The van der Waals surface area contributed by atoms with Gasteiger partial charge in [0.1, 0.15) is 6.10 Å². The summed E-state index contributed by atoms with van der Waals surface area (Å²) >= 11 is 7.25. The lowest BCUT2D eigenvalue weighted by Gasteiger charge is -2.30. The molecule has 0 spiro atoms. The largest absolute Gasteiger partial charge is 0.386 e. The Kier molecular flexibility index (Phi) is 10.8. The number of aliphatic hydroxyl groups excluding tert-OH is 1. The Morgan fingerprint density at radius 3 is 2.59 bits per heavy atom. The molecule has 0 aromatic carbocycles. The van der Waals surface area contributed by atoms with Gasteiger partial charge in [-0.15, -0.1) is 35.3 Å². The number of guanidine groups is 1. The Hall–Kier alpha value is -0.140. The maximum Gasteiger partial charge on any atom is 0.211 e. The van der Waals surface area contributed by atoms with E-state index in [1.54, 1.807) is 6.07 Å². The minimum absolute atomic E-state index is 0. The van der Waals surface area contributed by atoms with Crippen molar-refractivity contribution >= 4 is 62.9 Å². The molecule has 2 rings (SSSR count). The van der Waals surface area contributed by atoms with Crippen LogP contribution in [0.1, 0.15) is 30.7 Å². The number of hydrogen-bond acceptors (Lipinski definition) is 5. The molecular formula is C16H28ClIN4O3S2. The van der Waals surface area contributed by atoms with Crippen molar-refractivity contribution in [2.24, 2.45) is 10.9 Å². The van der Waals surface area contributed by atoms with Crippen molar-refractivity contribution in [3.8, 4) is 0 Å². The number of piperidine rings is 1. The monoisotopic (exact) mass is 550 g/mol. The van der Waals surface area contributed by atoms with E-state index in [0.717, 1.165) is 30.8 Å². The van der Waals surface area contributed by atoms with Gasteiger partial charge in [-0.1, -0.05) is 11.6 Å². The molecule has 2 heterocycles.